The quantitative estimate of drug-likeness (QED) is 0.0944. The van der Waals surface area contributed by atoms with Crippen molar-refractivity contribution >= 4 is 43.6 Å². The molecule has 0 aliphatic rings. The van der Waals surface area contributed by atoms with E-state index in [2.05, 4.69) is 22.8 Å². The molecule has 0 saturated heterocycles. The zero-order valence-corrected chi connectivity index (χ0v) is 60.4. The molecule has 534 valence electrons. The van der Waals surface area contributed by atoms with Crippen molar-refractivity contribution in [2.75, 3.05) is 0 Å². The van der Waals surface area contributed by atoms with E-state index in [0.29, 0.717) is 125 Å². The minimum atomic E-state index is -0.822. The van der Waals surface area contributed by atoms with Crippen molar-refractivity contribution in [1.82, 2.24) is 68.9 Å². The van der Waals surface area contributed by atoms with E-state index < -0.39 is 11.6 Å². The first kappa shape index (κ1) is 67.4. The second kappa shape index (κ2) is 28.6. The van der Waals surface area contributed by atoms with Crippen LogP contribution in [0.5, 0.6) is 0 Å². The smallest absolute Gasteiger partial charge is 0.164 e. The molecule has 0 aliphatic carbocycles. The van der Waals surface area contributed by atoms with E-state index in [9.17, 15) is 5.26 Å². The fourth-order valence-electron chi connectivity index (χ4n) is 14.9. The maximum atomic E-state index is 16.5. The van der Waals surface area contributed by atoms with Crippen LogP contribution in [-0.2, 0) is 0 Å². The number of hydrogen-bond acceptors (Lipinski definition) is 13. The molecule has 0 amide bonds. The highest BCUT2D eigenvalue weighted by atomic mass is 19.1. The molecular formula is C97H57F2N15. The third-order valence-electron chi connectivity index (χ3n) is 20.3. The number of aromatic nitrogens is 14. The largest absolute Gasteiger partial charge is 0.308 e. The predicted molar refractivity (Wildman–Crippen MR) is 444 cm³/mol. The molecule has 6 heterocycles. The van der Waals surface area contributed by atoms with Gasteiger partial charge in [-0.2, -0.15) is 5.26 Å². The van der Waals surface area contributed by atoms with Gasteiger partial charge in [-0.05, 0) is 48.0 Å². The second-order valence-corrected chi connectivity index (χ2v) is 27.4. The Balaban J connectivity index is 0.898. The van der Waals surface area contributed by atoms with Gasteiger partial charge in [0.1, 0.15) is 23.3 Å². The van der Waals surface area contributed by atoms with E-state index in [1.165, 1.54) is 12.1 Å². The van der Waals surface area contributed by atoms with Crippen molar-refractivity contribution < 1.29 is 8.78 Å². The molecule has 0 unspecified atom stereocenters. The van der Waals surface area contributed by atoms with Crippen molar-refractivity contribution in [2.45, 2.75) is 0 Å². The molecule has 0 spiro atoms. The Kier molecular flexibility index (Phi) is 16.9. The van der Waals surface area contributed by atoms with Crippen LogP contribution in [0.1, 0.15) is 5.56 Å². The molecule has 0 saturated carbocycles. The summed E-state index contributed by atoms with van der Waals surface area (Å²) < 4.78 is 37.1. The van der Waals surface area contributed by atoms with Crippen LogP contribution >= 0.6 is 0 Å². The highest BCUT2D eigenvalue weighted by Crippen LogP contribution is 2.46. The van der Waals surface area contributed by atoms with Gasteiger partial charge in [0, 0.05) is 99.9 Å². The van der Waals surface area contributed by atoms with Crippen molar-refractivity contribution in [3.8, 4) is 165 Å². The average molecular weight is 1470 g/mol. The Hall–Kier alpha value is -15.9. The van der Waals surface area contributed by atoms with Crippen LogP contribution < -0.4 is 0 Å². The van der Waals surface area contributed by atoms with Gasteiger partial charge in [0.05, 0.1) is 33.4 Å². The van der Waals surface area contributed by atoms with E-state index in [-0.39, 0.29) is 16.8 Å². The van der Waals surface area contributed by atoms with Crippen molar-refractivity contribution in [1.29, 1.82) is 5.26 Å². The maximum Gasteiger partial charge on any atom is 0.164 e. The topological polar surface area (TPSA) is 188 Å². The SMILES string of the molecule is N#Cc1c(-n2c3cc(-c4nc(-c5ccccc5)nc(-c5ccccc5)n4)ccc3c3ccc(-c4nc(-c5ccccc5)nc(-c5ccccc5)n4)cc32)ccc(-c2cc(F)cc(F)c2)c1-n1c2cc(-c3nc(-c4ccccc4)nc(-c4ccccc4)n3)ccc2c2ccc(-c3nc(-c4ccccc4)nc(-c4ccccc4)n3)cc21. The first-order chi connectivity index (χ1) is 56.2. The van der Waals surface area contributed by atoms with Crippen molar-refractivity contribution in [3.05, 3.63) is 363 Å². The zero-order valence-electron chi connectivity index (χ0n) is 60.4. The number of nitrogens with zero attached hydrogens (tertiary/aromatic N) is 15. The maximum absolute atomic E-state index is 16.5. The summed E-state index contributed by atoms with van der Waals surface area (Å²) in [5.74, 6) is 3.56. The molecule has 14 aromatic carbocycles. The van der Waals surface area contributed by atoms with E-state index in [4.69, 9.17) is 59.8 Å². The van der Waals surface area contributed by atoms with Crippen LogP contribution in [-0.4, -0.2) is 68.9 Å². The van der Waals surface area contributed by atoms with Gasteiger partial charge >= 0.3 is 0 Å². The van der Waals surface area contributed by atoms with Gasteiger partial charge < -0.3 is 9.13 Å². The highest BCUT2D eigenvalue weighted by molar-refractivity contribution is 6.14. The Morgan fingerprint density at radius 1 is 0.211 bits per heavy atom. The molecule has 0 radical (unpaired) electrons. The Labute approximate surface area is 651 Å². The lowest BCUT2D eigenvalue weighted by molar-refractivity contribution is 0.584. The molecule has 20 rings (SSSR count). The van der Waals surface area contributed by atoms with Gasteiger partial charge in [-0.15, -0.1) is 0 Å². The summed E-state index contributed by atoms with van der Waals surface area (Å²) in [4.78, 5) is 62.0. The second-order valence-electron chi connectivity index (χ2n) is 27.4. The van der Waals surface area contributed by atoms with Crippen molar-refractivity contribution in [3.63, 3.8) is 0 Å². The summed E-state index contributed by atoms with van der Waals surface area (Å²) in [6.45, 7) is 0. The van der Waals surface area contributed by atoms with Gasteiger partial charge in [0.15, 0.2) is 69.9 Å². The Morgan fingerprint density at radius 2 is 0.430 bits per heavy atom. The number of nitriles is 1. The fraction of sp³-hybridized carbons (Fsp3) is 0. The van der Waals surface area contributed by atoms with Gasteiger partial charge in [-0.3, -0.25) is 0 Å². The highest BCUT2D eigenvalue weighted by Gasteiger charge is 2.29. The summed E-state index contributed by atoms with van der Waals surface area (Å²) in [5.41, 5.74) is 12.5. The van der Waals surface area contributed by atoms with E-state index in [1.54, 1.807) is 0 Å². The predicted octanol–water partition coefficient (Wildman–Crippen LogP) is 22.4. The zero-order chi connectivity index (χ0) is 76.2. The molecule has 0 aliphatic heterocycles. The standard InChI is InChI=1S/C97H57F2N15/c98-72-51-71(52-73(99)57-72)74-49-50-80(113-81-53-67(94-105-86(59-25-9-1-10-26-59)101-87(106-94)60-27-11-2-12-28-60)41-45-75(81)76-46-42-68(54-82(76)113)95-107-88(61-29-13-3-14-30-61)102-89(108-95)62-31-15-4-16-32-62)79(58-100)85(74)114-83-55-69(96-109-90(63-33-17-5-18-34-63)103-91(110-96)64-35-19-6-20-36-64)43-47-77(83)78-48-44-70(56-84(78)114)97-111-92(65-37-21-7-22-38-65)104-93(112-97)66-39-23-8-24-40-66/h1-57H. The number of fused-ring (bicyclic) bond motifs is 6. The first-order valence-corrected chi connectivity index (χ1v) is 36.9. The van der Waals surface area contributed by atoms with E-state index >= 15 is 8.78 Å². The average Bonchev–Trinajstić information content (AvgIpc) is 1.54. The summed E-state index contributed by atoms with van der Waals surface area (Å²) in [6, 6.07) is 112. The third-order valence-corrected chi connectivity index (χ3v) is 20.3. The van der Waals surface area contributed by atoms with Gasteiger partial charge in [0.25, 0.3) is 0 Å². The molecular weight excluding hydrogens is 1410 g/mol. The minimum Gasteiger partial charge on any atom is -0.308 e. The lowest BCUT2D eigenvalue weighted by Gasteiger charge is -2.20. The Bertz CT molecular complexity index is 6560. The fourth-order valence-corrected chi connectivity index (χ4v) is 14.9. The molecule has 17 heteroatoms. The van der Waals surface area contributed by atoms with E-state index in [0.717, 1.165) is 72.1 Å². The molecule has 6 aromatic heterocycles. The molecule has 0 bridgehead atoms. The molecule has 0 N–H and O–H groups in total. The first-order valence-electron chi connectivity index (χ1n) is 36.9. The molecule has 0 fully saturated rings. The molecule has 0 atom stereocenters. The molecule has 15 nitrogen and oxygen atoms in total. The summed E-state index contributed by atoms with van der Waals surface area (Å²) in [5, 5.41) is 16.0. The van der Waals surface area contributed by atoms with Crippen LogP contribution in [0.25, 0.3) is 203 Å². The summed E-state index contributed by atoms with van der Waals surface area (Å²) in [7, 11) is 0. The van der Waals surface area contributed by atoms with Crippen LogP contribution in [0.3, 0.4) is 0 Å². The monoisotopic (exact) mass is 1470 g/mol. The van der Waals surface area contributed by atoms with Crippen LogP contribution in [0, 0.1) is 23.0 Å². The normalized spacial score (nSPS) is 11.4. The number of hydrogen-bond donors (Lipinski definition) is 0. The van der Waals surface area contributed by atoms with Gasteiger partial charge in [-0.25, -0.2) is 68.6 Å². The van der Waals surface area contributed by atoms with Crippen LogP contribution in [0.4, 0.5) is 8.78 Å². The van der Waals surface area contributed by atoms with E-state index in [1.807, 2.05) is 320 Å². The van der Waals surface area contributed by atoms with Crippen LogP contribution in [0.15, 0.2) is 346 Å². The van der Waals surface area contributed by atoms with Gasteiger partial charge in [-0.1, -0.05) is 297 Å². The Morgan fingerprint density at radius 3 is 0.658 bits per heavy atom. The lowest BCUT2D eigenvalue weighted by atomic mass is 9.97. The number of halogens is 2. The summed E-state index contributed by atoms with van der Waals surface area (Å²) >= 11 is 0. The minimum absolute atomic E-state index is 0.118. The summed E-state index contributed by atoms with van der Waals surface area (Å²) in [6.07, 6.45) is 0. The van der Waals surface area contributed by atoms with Crippen LogP contribution in [0.2, 0.25) is 0 Å². The number of benzene rings is 14. The molecule has 20 aromatic rings. The lowest BCUT2D eigenvalue weighted by Crippen LogP contribution is -2.07. The number of rotatable bonds is 15. The third kappa shape index (κ3) is 12.5. The van der Waals surface area contributed by atoms with Gasteiger partial charge in [0.2, 0.25) is 0 Å². The molecule has 114 heavy (non-hydrogen) atoms. The van der Waals surface area contributed by atoms with Crippen molar-refractivity contribution in [2.24, 2.45) is 0 Å².